The second-order valence-electron chi connectivity index (χ2n) is 6.45. The first-order valence-corrected chi connectivity index (χ1v) is 7.63. The van der Waals surface area contributed by atoms with Gasteiger partial charge in [0.25, 0.3) is 5.79 Å². The van der Waals surface area contributed by atoms with Crippen LogP contribution in [-0.4, -0.2) is 29.8 Å². The lowest BCUT2D eigenvalue weighted by molar-refractivity contribution is -0.260. The van der Waals surface area contributed by atoms with Gasteiger partial charge in [0.2, 0.25) is 0 Å². The van der Waals surface area contributed by atoms with E-state index in [2.05, 4.69) is 4.90 Å². The third-order valence-electron chi connectivity index (χ3n) is 5.55. The molecule has 1 saturated heterocycles. The molecule has 2 saturated carbocycles. The topological polar surface area (TPSA) is 21.7 Å². The molecule has 0 N–H and O–H groups in total. The Bertz CT molecular complexity index is 324. The fraction of sp³-hybridized carbons (Fsp3) is 0.867. The molecular formula is C15H23NO2. The summed E-state index contributed by atoms with van der Waals surface area (Å²) in [5.74, 6) is 0.856. The van der Waals surface area contributed by atoms with E-state index in [9.17, 15) is 0 Å². The number of nitrogens with zero attached hydrogens (tertiary/aromatic N) is 1. The molecule has 0 aromatic carbocycles. The van der Waals surface area contributed by atoms with Crippen molar-refractivity contribution in [2.24, 2.45) is 11.8 Å². The summed E-state index contributed by atoms with van der Waals surface area (Å²) in [6.07, 6.45) is 13.1. The fourth-order valence-electron chi connectivity index (χ4n) is 4.67. The molecule has 2 aliphatic heterocycles. The van der Waals surface area contributed by atoms with Crippen LogP contribution in [0, 0.1) is 11.8 Å². The van der Waals surface area contributed by atoms with Crippen molar-refractivity contribution in [1.29, 1.82) is 0 Å². The van der Waals surface area contributed by atoms with Crippen LogP contribution < -0.4 is 0 Å². The first kappa shape index (κ1) is 11.2. The lowest BCUT2D eigenvalue weighted by Gasteiger charge is -2.53. The molecule has 4 rings (SSSR count). The average molecular weight is 249 g/mol. The van der Waals surface area contributed by atoms with Crippen molar-refractivity contribution in [2.75, 3.05) is 13.1 Å². The highest BCUT2D eigenvalue weighted by Gasteiger charge is 2.57. The molecule has 2 aliphatic carbocycles. The zero-order valence-corrected chi connectivity index (χ0v) is 11.0. The molecule has 0 aromatic heterocycles. The van der Waals surface area contributed by atoms with E-state index in [0.717, 1.165) is 6.04 Å². The molecule has 3 nitrogen and oxygen atoms in total. The van der Waals surface area contributed by atoms with Gasteiger partial charge < -0.3 is 9.47 Å². The van der Waals surface area contributed by atoms with Gasteiger partial charge in [0, 0.05) is 31.0 Å². The highest BCUT2D eigenvalue weighted by Crippen LogP contribution is 2.49. The quantitative estimate of drug-likeness (QED) is 0.713. The van der Waals surface area contributed by atoms with Gasteiger partial charge in [-0.3, -0.25) is 4.90 Å². The van der Waals surface area contributed by atoms with Crippen LogP contribution in [0.25, 0.3) is 0 Å². The minimum Gasteiger partial charge on any atom is -0.456 e. The molecule has 0 unspecified atom stereocenters. The number of ether oxygens (including phenoxy) is 2. The van der Waals surface area contributed by atoms with Crippen molar-refractivity contribution in [2.45, 2.75) is 56.8 Å². The Morgan fingerprint density at radius 2 is 1.44 bits per heavy atom. The van der Waals surface area contributed by atoms with Crippen LogP contribution in [0.2, 0.25) is 0 Å². The summed E-state index contributed by atoms with van der Waals surface area (Å²) in [7, 11) is 0. The van der Waals surface area contributed by atoms with E-state index in [1.807, 2.05) is 0 Å². The number of likely N-dealkylation sites (tertiary alicyclic amines) is 1. The van der Waals surface area contributed by atoms with Gasteiger partial charge in [-0.2, -0.15) is 0 Å². The fourth-order valence-corrected chi connectivity index (χ4v) is 4.67. The number of hydrogen-bond acceptors (Lipinski definition) is 3. The van der Waals surface area contributed by atoms with Crippen LogP contribution in [0.15, 0.2) is 12.5 Å². The minimum absolute atomic E-state index is 0.284. The molecular weight excluding hydrogens is 226 g/mol. The van der Waals surface area contributed by atoms with Crippen molar-refractivity contribution < 1.29 is 9.47 Å². The molecule has 2 heterocycles. The zero-order valence-electron chi connectivity index (χ0n) is 11.0. The summed E-state index contributed by atoms with van der Waals surface area (Å²) in [5, 5.41) is 0. The molecule has 3 heteroatoms. The highest BCUT2D eigenvalue weighted by atomic mass is 16.7. The molecule has 2 atom stereocenters. The Morgan fingerprint density at radius 1 is 0.833 bits per heavy atom. The monoisotopic (exact) mass is 249 g/mol. The summed E-state index contributed by atoms with van der Waals surface area (Å²) in [6, 6.07) is 0.847. The molecule has 1 spiro atoms. The molecule has 18 heavy (non-hydrogen) atoms. The van der Waals surface area contributed by atoms with E-state index < -0.39 is 0 Å². The van der Waals surface area contributed by atoms with Crippen molar-refractivity contribution in [3.63, 3.8) is 0 Å². The van der Waals surface area contributed by atoms with E-state index in [1.165, 1.54) is 58.0 Å². The molecule has 4 aliphatic rings. The Kier molecular flexibility index (Phi) is 2.58. The lowest BCUT2D eigenvalue weighted by Crippen LogP contribution is -2.62. The van der Waals surface area contributed by atoms with Crippen LogP contribution in [0.4, 0.5) is 0 Å². The Morgan fingerprint density at radius 3 is 2.06 bits per heavy atom. The van der Waals surface area contributed by atoms with Crippen molar-refractivity contribution >= 4 is 0 Å². The number of rotatable bonds is 1. The van der Waals surface area contributed by atoms with Gasteiger partial charge in [-0.15, -0.1) is 0 Å². The van der Waals surface area contributed by atoms with Crippen LogP contribution in [0.3, 0.4) is 0 Å². The van der Waals surface area contributed by atoms with Gasteiger partial charge in [0.15, 0.2) is 0 Å². The molecule has 100 valence electrons. The summed E-state index contributed by atoms with van der Waals surface area (Å²) >= 11 is 0. The van der Waals surface area contributed by atoms with Gasteiger partial charge in [0.1, 0.15) is 12.5 Å². The van der Waals surface area contributed by atoms with Crippen LogP contribution in [0.1, 0.15) is 44.9 Å². The molecule has 3 fully saturated rings. The van der Waals surface area contributed by atoms with E-state index in [-0.39, 0.29) is 5.79 Å². The summed E-state index contributed by atoms with van der Waals surface area (Å²) in [4.78, 5) is 2.75. The van der Waals surface area contributed by atoms with Gasteiger partial charge in [0.05, 0.1) is 0 Å². The second-order valence-corrected chi connectivity index (χ2v) is 6.45. The second kappa shape index (κ2) is 4.16. The molecule has 2 bridgehead atoms. The maximum atomic E-state index is 5.93. The average Bonchev–Trinajstić information content (AvgIpc) is 3.00. The smallest absolute Gasteiger partial charge is 0.257 e. The molecule has 0 radical (unpaired) electrons. The summed E-state index contributed by atoms with van der Waals surface area (Å²) in [6.45, 7) is 2.37. The maximum absolute atomic E-state index is 5.93. The third kappa shape index (κ3) is 1.52. The van der Waals surface area contributed by atoms with Crippen LogP contribution >= 0.6 is 0 Å². The number of piperidine rings is 1. The Hall–Kier alpha value is -0.700. The van der Waals surface area contributed by atoms with E-state index in [0.29, 0.717) is 11.8 Å². The van der Waals surface area contributed by atoms with Gasteiger partial charge >= 0.3 is 0 Å². The first-order valence-electron chi connectivity index (χ1n) is 7.63. The largest absolute Gasteiger partial charge is 0.456 e. The number of hydrogen-bond donors (Lipinski definition) is 0. The van der Waals surface area contributed by atoms with E-state index >= 15 is 0 Å². The lowest BCUT2D eigenvalue weighted by atomic mass is 9.71. The molecule has 0 amide bonds. The van der Waals surface area contributed by atoms with Gasteiger partial charge in [-0.05, 0) is 25.7 Å². The highest BCUT2D eigenvalue weighted by molar-refractivity contribution is 5.03. The van der Waals surface area contributed by atoms with Gasteiger partial charge in [-0.1, -0.05) is 19.3 Å². The van der Waals surface area contributed by atoms with Crippen molar-refractivity contribution in [3.8, 4) is 0 Å². The zero-order chi connectivity index (χ0) is 12.0. The predicted octanol–water partition coefficient (Wildman–Crippen LogP) is 2.88. The summed E-state index contributed by atoms with van der Waals surface area (Å²) < 4.78 is 11.9. The summed E-state index contributed by atoms with van der Waals surface area (Å²) in [5.41, 5.74) is 0. The predicted molar refractivity (Wildman–Crippen MR) is 68.7 cm³/mol. The SMILES string of the molecule is C1=COC2(O1)[C@@H]1CCC[C@H]2CN(C2CCCC2)C1. The van der Waals surface area contributed by atoms with Crippen LogP contribution in [-0.2, 0) is 9.47 Å². The van der Waals surface area contributed by atoms with E-state index in [4.69, 9.17) is 9.47 Å². The van der Waals surface area contributed by atoms with Gasteiger partial charge in [-0.25, -0.2) is 0 Å². The van der Waals surface area contributed by atoms with Crippen molar-refractivity contribution in [3.05, 3.63) is 12.5 Å². The molecule has 0 aromatic rings. The Labute approximate surface area is 109 Å². The maximum Gasteiger partial charge on any atom is 0.257 e. The standard InChI is InChI=1S/C15H23NO2/c1-2-7-14(6-1)16-10-12-4-3-5-13(11-16)15(12)17-8-9-18-15/h8-9,12-14H,1-7,10-11H2/t12-,13+. The first-order chi connectivity index (χ1) is 8.88. The van der Waals surface area contributed by atoms with Crippen LogP contribution in [0.5, 0.6) is 0 Å². The van der Waals surface area contributed by atoms with E-state index in [1.54, 1.807) is 12.5 Å². The normalized spacial score (nSPS) is 38.9. The Balaban J connectivity index is 1.55. The third-order valence-corrected chi connectivity index (χ3v) is 5.55. The minimum atomic E-state index is -0.284. The van der Waals surface area contributed by atoms with Crippen molar-refractivity contribution in [1.82, 2.24) is 4.90 Å².